The van der Waals surface area contributed by atoms with Crippen molar-refractivity contribution in [1.29, 1.82) is 0 Å². The first kappa shape index (κ1) is 14.8. The molecule has 0 radical (unpaired) electrons. The molecule has 1 heterocycles. The van der Waals surface area contributed by atoms with Crippen LogP contribution in [0.15, 0.2) is 65.1 Å². The summed E-state index contributed by atoms with van der Waals surface area (Å²) in [4.78, 5) is 12.2. The molecule has 0 aliphatic carbocycles. The Balaban J connectivity index is 1.76. The molecular weight excluding hydrogens is 297 g/mol. The maximum Gasteiger partial charge on any atom is 0.291 e. The van der Waals surface area contributed by atoms with Gasteiger partial charge in [-0.05, 0) is 48.5 Å². The van der Waals surface area contributed by atoms with Crippen LogP contribution in [0.4, 0.5) is 10.1 Å². The Bertz CT molecular complexity index is 824. The van der Waals surface area contributed by atoms with Crippen molar-refractivity contribution >= 4 is 11.6 Å². The second-order valence-corrected chi connectivity index (χ2v) is 4.86. The van der Waals surface area contributed by atoms with Gasteiger partial charge in [0.1, 0.15) is 17.3 Å². The van der Waals surface area contributed by atoms with E-state index in [1.807, 2.05) is 0 Å². The molecule has 3 rings (SSSR count). The van der Waals surface area contributed by atoms with Gasteiger partial charge in [-0.3, -0.25) is 4.79 Å². The fourth-order valence-corrected chi connectivity index (χ4v) is 2.12. The highest BCUT2D eigenvalue weighted by Crippen LogP contribution is 2.23. The van der Waals surface area contributed by atoms with E-state index in [4.69, 9.17) is 9.15 Å². The van der Waals surface area contributed by atoms with Gasteiger partial charge in [0.05, 0.1) is 7.11 Å². The Morgan fingerprint density at radius 3 is 2.61 bits per heavy atom. The molecule has 0 bridgehead atoms. The summed E-state index contributed by atoms with van der Waals surface area (Å²) in [5, 5.41) is 2.73. The van der Waals surface area contributed by atoms with Gasteiger partial charge in [-0.2, -0.15) is 0 Å². The van der Waals surface area contributed by atoms with Crippen LogP contribution in [-0.4, -0.2) is 13.0 Å². The lowest BCUT2D eigenvalue weighted by Gasteiger charge is -2.05. The lowest BCUT2D eigenvalue weighted by molar-refractivity contribution is 0.0997. The number of carbonyl (C=O) groups excluding carboxylic acids is 1. The van der Waals surface area contributed by atoms with Crippen molar-refractivity contribution in [3.8, 4) is 17.1 Å². The summed E-state index contributed by atoms with van der Waals surface area (Å²) in [7, 11) is 1.56. The molecular formula is C18H14FNO3. The average molecular weight is 311 g/mol. The zero-order valence-electron chi connectivity index (χ0n) is 12.4. The van der Waals surface area contributed by atoms with Crippen LogP contribution >= 0.6 is 0 Å². The monoisotopic (exact) mass is 311 g/mol. The molecule has 1 N–H and O–H groups in total. The highest BCUT2D eigenvalue weighted by Gasteiger charge is 2.13. The second-order valence-electron chi connectivity index (χ2n) is 4.86. The van der Waals surface area contributed by atoms with Crippen LogP contribution in [0.3, 0.4) is 0 Å². The van der Waals surface area contributed by atoms with Crippen molar-refractivity contribution in [3.05, 3.63) is 72.2 Å². The van der Waals surface area contributed by atoms with E-state index in [2.05, 4.69) is 5.32 Å². The van der Waals surface area contributed by atoms with E-state index in [-0.39, 0.29) is 17.5 Å². The number of rotatable bonds is 4. The molecule has 0 fully saturated rings. The van der Waals surface area contributed by atoms with Gasteiger partial charge in [-0.25, -0.2) is 4.39 Å². The Morgan fingerprint density at radius 1 is 1.09 bits per heavy atom. The zero-order valence-corrected chi connectivity index (χ0v) is 12.4. The predicted octanol–water partition coefficient (Wildman–Crippen LogP) is 4.35. The predicted molar refractivity (Wildman–Crippen MR) is 85.0 cm³/mol. The van der Waals surface area contributed by atoms with E-state index >= 15 is 0 Å². The van der Waals surface area contributed by atoms with Gasteiger partial charge in [-0.15, -0.1) is 0 Å². The summed E-state index contributed by atoms with van der Waals surface area (Å²) in [5.74, 6) is 0.630. The van der Waals surface area contributed by atoms with Crippen molar-refractivity contribution < 1.29 is 18.3 Å². The Labute approximate surface area is 132 Å². The zero-order chi connectivity index (χ0) is 16.2. The second kappa shape index (κ2) is 6.36. The number of hydrogen-bond donors (Lipinski definition) is 1. The van der Waals surface area contributed by atoms with Gasteiger partial charge < -0.3 is 14.5 Å². The van der Waals surface area contributed by atoms with Gasteiger partial charge in [0, 0.05) is 17.3 Å². The maximum atomic E-state index is 12.9. The summed E-state index contributed by atoms with van der Waals surface area (Å²) in [6.45, 7) is 0. The number of ether oxygens (including phenoxy) is 1. The van der Waals surface area contributed by atoms with Crippen molar-refractivity contribution in [2.75, 3.05) is 12.4 Å². The SMILES string of the molecule is COc1cccc(NC(=O)c2ccc(-c3ccc(F)cc3)o2)c1. The molecule has 3 aromatic rings. The first-order valence-corrected chi connectivity index (χ1v) is 6.97. The molecule has 0 saturated heterocycles. The van der Waals surface area contributed by atoms with Crippen molar-refractivity contribution in [2.24, 2.45) is 0 Å². The van der Waals surface area contributed by atoms with Crippen LogP contribution in [0.1, 0.15) is 10.6 Å². The Kier molecular flexibility index (Phi) is 4.10. The Morgan fingerprint density at radius 2 is 1.87 bits per heavy atom. The van der Waals surface area contributed by atoms with E-state index in [1.54, 1.807) is 55.6 Å². The van der Waals surface area contributed by atoms with Gasteiger partial charge >= 0.3 is 0 Å². The third kappa shape index (κ3) is 3.40. The van der Waals surface area contributed by atoms with Crippen molar-refractivity contribution in [3.63, 3.8) is 0 Å². The van der Waals surface area contributed by atoms with Gasteiger partial charge in [0.2, 0.25) is 0 Å². The molecule has 5 heteroatoms. The van der Waals surface area contributed by atoms with Crippen LogP contribution in [0, 0.1) is 5.82 Å². The van der Waals surface area contributed by atoms with Crippen LogP contribution in [0.2, 0.25) is 0 Å². The highest BCUT2D eigenvalue weighted by molar-refractivity contribution is 6.02. The number of methoxy groups -OCH3 is 1. The fraction of sp³-hybridized carbons (Fsp3) is 0.0556. The van der Waals surface area contributed by atoms with Gasteiger partial charge in [-0.1, -0.05) is 6.07 Å². The normalized spacial score (nSPS) is 10.3. The maximum absolute atomic E-state index is 12.9. The van der Waals surface area contributed by atoms with E-state index in [1.165, 1.54) is 12.1 Å². The van der Waals surface area contributed by atoms with E-state index in [0.717, 1.165) is 0 Å². The number of hydrogen-bond acceptors (Lipinski definition) is 3. The lowest BCUT2D eigenvalue weighted by Crippen LogP contribution is -2.10. The van der Waals surface area contributed by atoms with Crippen molar-refractivity contribution in [2.45, 2.75) is 0 Å². The molecule has 0 spiro atoms. The summed E-state index contributed by atoms with van der Waals surface area (Å²) in [5.41, 5.74) is 1.31. The topological polar surface area (TPSA) is 51.5 Å². The summed E-state index contributed by atoms with van der Waals surface area (Å²) >= 11 is 0. The van der Waals surface area contributed by atoms with Crippen LogP contribution in [-0.2, 0) is 0 Å². The smallest absolute Gasteiger partial charge is 0.291 e. The molecule has 116 valence electrons. The molecule has 2 aromatic carbocycles. The molecule has 4 nitrogen and oxygen atoms in total. The quantitative estimate of drug-likeness (QED) is 0.779. The first-order valence-electron chi connectivity index (χ1n) is 6.97. The molecule has 1 amide bonds. The Hall–Kier alpha value is -3.08. The van der Waals surface area contributed by atoms with Crippen molar-refractivity contribution in [1.82, 2.24) is 0 Å². The third-order valence-electron chi connectivity index (χ3n) is 3.29. The van der Waals surface area contributed by atoms with Crippen LogP contribution in [0.25, 0.3) is 11.3 Å². The average Bonchev–Trinajstić information content (AvgIpc) is 3.06. The number of nitrogens with one attached hydrogen (secondary N) is 1. The minimum atomic E-state index is -0.369. The molecule has 23 heavy (non-hydrogen) atoms. The number of carbonyl (C=O) groups is 1. The van der Waals surface area contributed by atoms with Crippen LogP contribution < -0.4 is 10.1 Å². The van der Waals surface area contributed by atoms with E-state index in [9.17, 15) is 9.18 Å². The summed E-state index contributed by atoms with van der Waals surface area (Å²) in [6.07, 6.45) is 0. The minimum absolute atomic E-state index is 0.173. The molecule has 0 aliphatic heterocycles. The largest absolute Gasteiger partial charge is 0.497 e. The number of benzene rings is 2. The summed E-state index contributed by atoms with van der Waals surface area (Å²) in [6, 6.07) is 16.2. The van der Waals surface area contributed by atoms with Gasteiger partial charge in [0.15, 0.2) is 5.76 Å². The third-order valence-corrected chi connectivity index (χ3v) is 3.29. The molecule has 1 aromatic heterocycles. The number of halogens is 1. The number of furan rings is 1. The number of anilines is 1. The van der Waals surface area contributed by atoms with E-state index in [0.29, 0.717) is 22.8 Å². The summed E-state index contributed by atoms with van der Waals surface area (Å²) < 4.78 is 23.6. The molecule has 0 unspecified atom stereocenters. The lowest BCUT2D eigenvalue weighted by atomic mass is 10.2. The highest BCUT2D eigenvalue weighted by atomic mass is 19.1. The molecule has 0 saturated carbocycles. The molecule has 0 aliphatic rings. The van der Waals surface area contributed by atoms with E-state index < -0.39 is 0 Å². The van der Waals surface area contributed by atoms with Crippen LogP contribution in [0.5, 0.6) is 5.75 Å². The number of amides is 1. The molecule has 0 atom stereocenters. The minimum Gasteiger partial charge on any atom is -0.497 e. The first-order chi connectivity index (χ1) is 11.2. The fourth-order valence-electron chi connectivity index (χ4n) is 2.12. The standard InChI is InChI=1S/C18H14FNO3/c1-22-15-4-2-3-14(11-15)20-18(21)17-10-9-16(23-17)12-5-7-13(19)8-6-12/h2-11H,1H3,(H,20,21). The van der Waals surface area contributed by atoms with Gasteiger partial charge in [0.25, 0.3) is 5.91 Å².